The Morgan fingerprint density at radius 3 is 2.44 bits per heavy atom. The first-order valence-corrected chi connectivity index (χ1v) is 10.6. The van der Waals surface area contributed by atoms with Crippen molar-refractivity contribution in [3.63, 3.8) is 0 Å². The summed E-state index contributed by atoms with van der Waals surface area (Å²) in [5.74, 6) is 0.607. The van der Waals surface area contributed by atoms with E-state index in [4.69, 9.17) is 4.74 Å². The highest BCUT2D eigenvalue weighted by Gasteiger charge is 2.25. The Morgan fingerprint density at radius 1 is 1.15 bits per heavy atom. The summed E-state index contributed by atoms with van der Waals surface area (Å²) >= 11 is 0. The van der Waals surface area contributed by atoms with Crippen LogP contribution >= 0.6 is 0 Å². The van der Waals surface area contributed by atoms with Crippen LogP contribution in [-0.4, -0.2) is 34.2 Å². The number of benzene rings is 2. The van der Waals surface area contributed by atoms with Crippen LogP contribution in [0, 0.1) is 11.7 Å². The molecule has 1 saturated heterocycles. The van der Waals surface area contributed by atoms with Crippen molar-refractivity contribution in [3.8, 4) is 5.75 Å². The molecule has 0 saturated carbocycles. The molecular formula is C20H25FN2O3S. The zero-order valence-corrected chi connectivity index (χ0v) is 16.4. The maximum Gasteiger partial charge on any atom is 0.240 e. The molecular weight excluding hydrogens is 367 g/mol. The van der Waals surface area contributed by atoms with Crippen LogP contribution < -0.4 is 14.4 Å². The first kappa shape index (κ1) is 19.6. The largest absolute Gasteiger partial charge is 0.491 e. The monoisotopic (exact) mass is 392 g/mol. The Morgan fingerprint density at radius 2 is 1.81 bits per heavy atom. The van der Waals surface area contributed by atoms with Gasteiger partial charge in [0.05, 0.1) is 11.0 Å². The predicted molar refractivity (Wildman–Crippen MR) is 104 cm³/mol. The quantitative estimate of drug-likeness (QED) is 0.784. The summed E-state index contributed by atoms with van der Waals surface area (Å²) < 4.78 is 46.3. The summed E-state index contributed by atoms with van der Waals surface area (Å²) in [4.78, 5) is 2.38. The Labute approximate surface area is 160 Å². The topological polar surface area (TPSA) is 58.6 Å². The van der Waals surface area contributed by atoms with Crippen molar-refractivity contribution in [1.29, 1.82) is 0 Å². The number of hydrogen-bond acceptors (Lipinski definition) is 4. The molecule has 1 atom stereocenters. The molecule has 27 heavy (non-hydrogen) atoms. The molecule has 0 aliphatic carbocycles. The van der Waals surface area contributed by atoms with Crippen LogP contribution in [0.5, 0.6) is 5.75 Å². The van der Waals surface area contributed by atoms with Gasteiger partial charge in [-0.05, 0) is 74.7 Å². The van der Waals surface area contributed by atoms with Crippen molar-refractivity contribution in [1.82, 2.24) is 4.72 Å². The number of halogens is 1. The highest BCUT2D eigenvalue weighted by atomic mass is 32.2. The molecule has 5 nitrogen and oxygen atoms in total. The number of sulfonamides is 1. The lowest BCUT2D eigenvalue weighted by Gasteiger charge is -2.19. The maximum atomic E-state index is 13.0. The van der Waals surface area contributed by atoms with Gasteiger partial charge in [-0.25, -0.2) is 17.5 Å². The molecule has 0 bridgehead atoms. The summed E-state index contributed by atoms with van der Waals surface area (Å²) in [7, 11) is -3.55. The van der Waals surface area contributed by atoms with E-state index in [1.807, 2.05) is 13.8 Å². The molecule has 2 aromatic carbocycles. The number of anilines is 1. The third kappa shape index (κ3) is 5.20. The standard InChI is InChI=1S/C20H25FN2O3S/c1-15(2)26-19-7-9-20(10-8-19)27(24,25)22-13-16-11-12-23(14-16)18-5-3-17(21)4-6-18/h3-10,15-16,22H,11-14H2,1-2H3. The second kappa shape index (κ2) is 8.27. The number of hydrogen-bond donors (Lipinski definition) is 1. The van der Waals surface area contributed by atoms with E-state index < -0.39 is 10.0 Å². The van der Waals surface area contributed by atoms with Gasteiger partial charge in [-0.15, -0.1) is 0 Å². The number of rotatable bonds is 7. The van der Waals surface area contributed by atoms with Crippen molar-refractivity contribution in [2.45, 2.75) is 31.3 Å². The molecule has 1 fully saturated rings. The summed E-state index contributed by atoms with van der Waals surface area (Å²) in [6, 6.07) is 12.8. The van der Waals surface area contributed by atoms with Gasteiger partial charge in [-0.2, -0.15) is 0 Å². The van der Waals surface area contributed by atoms with Crippen LogP contribution in [0.2, 0.25) is 0 Å². The van der Waals surface area contributed by atoms with Crippen LogP contribution in [-0.2, 0) is 10.0 Å². The van der Waals surface area contributed by atoms with Gasteiger partial charge >= 0.3 is 0 Å². The van der Waals surface area contributed by atoms with Gasteiger partial charge in [-0.3, -0.25) is 0 Å². The van der Waals surface area contributed by atoms with Crippen molar-refractivity contribution >= 4 is 15.7 Å². The molecule has 1 N–H and O–H groups in total. The smallest absolute Gasteiger partial charge is 0.240 e. The maximum absolute atomic E-state index is 13.0. The van der Waals surface area contributed by atoms with Crippen LogP contribution in [0.25, 0.3) is 0 Å². The van der Waals surface area contributed by atoms with Gasteiger partial charge < -0.3 is 9.64 Å². The van der Waals surface area contributed by atoms with Crippen molar-refractivity contribution < 1.29 is 17.5 Å². The SMILES string of the molecule is CC(C)Oc1ccc(S(=O)(=O)NCC2CCN(c3ccc(F)cc3)C2)cc1. The molecule has 146 valence electrons. The molecule has 3 rings (SSSR count). The van der Waals surface area contributed by atoms with E-state index in [1.165, 1.54) is 12.1 Å². The van der Waals surface area contributed by atoms with Gasteiger partial charge in [0, 0.05) is 25.3 Å². The lowest BCUT2D eigenvalue weighted by Crippen LogP contribution is -2.31. The van der Waals surface area contributed by atoms with Crippen molar-refractivity contribution in [2.24, 2.45) is 5.92 Å². The Hall–Kier alpha value is -2.12. The minimum absolute atomic E-state index is 0.0389. The normalized spacial score (nSPS) is 17.5. The Bertz CT molecular complexity index is 852. The summed E-state index contributed by atoms with van der Waals surface area (Å²) in [5, 5.41) is 0. The van der Waals surface area contributed by atoms with E-state index in [1.54, 1.807) is 36.4 Å². The summed E-state index contributed by atoms with van der Waals surface area (Å²) in [5.41, 5.74) is 0.961. The number of ether oxygens (including phenoxy) is 1. The third-order valence-electron chi connectivity index (χ3n) is 4.55. The Balaban J connectivity index is 1.55. The van der Waals surface area contributed by atoms with E-state index in [2.05, 4.69) is 9.62 Å². The molecule has 0 amide bonds. The zero-order valence-electron chi connectivity index (χ0n) is 15.6. The first-order chi connectivity index (χ1) is 12.8. The molecule has 0 spiro atoms. The van der Waals surface area contributed by atoms with Gasteiger partial charge in [0.2, 0.25) is 10.0 Å². The third-order valence-corrected chi connectivity index (χ3v) is 5.98. The molecule has 7 heteroatoms. The molecule has 1 heterocycles. The van der Waals surface area contributed by atoms with Crippen LogP contribution in [0.15, 0.2) is 53.4 Å². The molecule has 2 aromatic rings. The molecule has 1 unspecified atom stereocenters. The predicted octanol–water partition coefficient (Wildman–Crippen LogP) is 3.42. The lowest BCUT2D eigenvalue weighted by molar-refractivity contribution is 0.242. The molecule has 1 aliphatic rings. The van der Waals surface area contributed by atoms with E-state index >= 15 is 0 Å². The van der Waals surface area contributed by atoms with Crippen LogP contribution in [0.1, 0.15) is 20.3 Å². The Kier molecular flexibility index (Phi) is 6.01. The van der Waals surface area contributed by atoms with E-state index in [9.17, 15) is 12.8 Å². The minimum Gasteiger partial charge on any atom is -0.491 e. The van der Waals surface area contributed by atoms with Gasteiger partial charge in [0.25, 0.3) is 0 Å². The van der Waals surface area contributed by atoms with Gasteiger partial charge in [-0.1, -0.05) is 0 Å². The summed E-state index contributed by atoms with van der Waals surface area (Å²) in [6.45, 7) is 5.80. The number of nitrogens with one attached hydrogen (secondary N) is 1. The van der Waals surface area contributed by atoms with E-state index in [0.29, 0.717) is 12.3 Å². The fraction of sp³-hybridized carbons (Fsp3) is 0.400. The lowest BCUT2D eigenvalue weighted by atomic mass is 10.1. The van der Waals surface area contributed by atoms with Crippen molar-refractivity contribution in [3.05, 3.63) is 54.3 Å². The molecule has 1 aliphatic heterocycles. The average Bonchev–Trinajstić information content (AvgIpc) is 3.10. The van der Waals surface area contributed by atoms with Crippen LogP contribution in [0.3, 0.4) is 0 Å². The average molecular weight is 392 g/mol. The van der Waals surface area contributed by atoms with Gasteiger partial charge in [0.1, 0.15) is 11.6 Å². The fourth-order valence-electron chi connectivity index (χ4n) is 3.17. The molecule has 0 aromatic heterocycles. The zero-order chi connectivity index (χ0) is 19.4. The van der Waals surface area contributed by atoms with E-state index in [0.717, 1.165) is 25.2 Å². The minimum atomic E-state index is -3.55. The number of nitrogens with zero attached hydrogens (tertiary/aromatic N) is 1. The second-order valence-electron chi connectivity index (χ2n) is 7.07. The highest BCUT2D eigenvalue weighted by molar-refractivity contribution is 7.89. The summed E-state index contributed by atoms with van der Waals surface area (Å²) in [6.07, 6.45) is 0.929. The highest BCUT2D eigenvalue weighted by Crippen LogP contribution is 2.24. The second-order valence-corrected chi connectivity index (χ2v) is 8.83. The van der Waals surface area contributed by atoms with Crippen LogP contribution in [0.4, 0.5) is 10.1 Å². The fourth-order valence-corrected chi connectivity index (χ4v) is 4.28. The molecule has 0 radical (unpaired) electrons. The van der Waals surface area contributed by atoms with Crippen molar-refractivity contribution in [2.75, 3.05) is 24.5 Å². The van der Waals surface area contributed by atoms with E-state index in [-0.39, 0.29) is 22.7 Å². The van der Waals surface area contributed by atoms with Gasteiger partial charge in [0.15, 0.2) is 0 Å². The first-order valence-electron chi connectivity index (χ1n) is 9.10.